The molecule has 0 atom stereocenters. The molecule has 0 aliphatic heterocycles. The van der Waals surface area contributed by atoms with Crippen molar-refractivity contribution in [1.29, 1.82) is 0 Å². The van der Waals surface area contributed by atoms with E-state index in [-0.39, 0.29) is 5.75 Å². The topological polar surface area (TPSA) is 9.23 Å². The third-order valence-electron chi connectivity index (χ3n) is 1.57. The van der Waals surface area contributed by atoms with Crippen LogP contribution >= 0.6 is 23.2 Å². The van der Waals surface area contributed by atoms with Gasteiger partial charge < -0.3 is 4.74 Å². The number of benzene rings is 1. The molecule has 0 N–H and O–H groups in total. The van der Waals surface area contributed by atoms with Gasteiger partial charge in [0.1, 0.15) is 5.75 Å². The average molecular weight is 253 g/mol. The Balaban J connectivity index is 2.97. The zero-order valence-corrected chi connectivity index (χ0v) is 9.10. The van der Waals surface area contributed by atoms with Gasteiger partial charge in [-0.2, -0.15) is 8.78 Å². The van der Waals surface area contributed by atoms with Crippen LogP contribution in [0.1, 0.15) is 5.56 Å². The molecule has 0 heterocycles. The van der Waals surface area contributed by atoms with E-state index < -0.39 is 6.61 Å². The van der Waals surface area contributed by atoms with E-state index in [1.807, 2.05) is 0 Å². The van der Waals surface area contributed by atoms with Crippen molar-refractivity contribution in [2.45, 2.75) is 6.61 Å². The maximum Gasteiger partial charge on any atom is 0.387 e. The SMILES string of the molecule is FC(F)Oc1ccc(Cl)cc1C=CCCl. The Labute approximate surface area is 96.3 Å². The summed E-state index contributed by atoms with van der Waals surface area (Å²) in [5, 5.41) is 0.450. The Kier molecular flexibility index (Phi) is 4.85. The first-order valence-corrected chi connectivity index (χ1v) is 5.01. The number of allylic oxidation sites excluding steroid dienone is 1. The fourth-order valence-corrected chi connectivity index (χ4v) is 1.29. The van der Waals surface area contributed by atoms with E-state index in [0.717, 1.165) is 0 Å². The molecule has 0 aromatic heterocycles. The molecular formula is C10H8Cl2F2O. The van der Waals surface area contributed by atoms with E-state index in [1.54, 1.807) is 12.2 Å². The first kappa shape index (κ1) is 12.3. The van der Waals surface area contributed by atoms with Gasteiger partial charge in [0.2, 0.25) is 0 Å². The molecule has 0 unspecified atom stereocenters. The molecule has 0 amide bonds. The summed E-state index contributed by atoms with van der Waals surface area (Å²) in [5.74, 6) is 0.372. The van der Waals surface area contributed by atoms with Crippen LogP contribution in [-0.4, -0.2) is 12.5 Å². The van der Waals surface area contributed by atoms with Crippen molar-refractivity contribution in [3.63, 3.8) is 0 Å². The molecule has 1 nitrogen and oxygen atoms in total. The highest BCUT2D eigenvalue weighted by Crippen LogP contribution is 2.25. The van der Waals surface area contributed by atoms with Gasteiger partial charge in [-0.1, -0.05) is 23.8 Å². The van der Waals surface area contributed by atoms with Crippen LogP contribution in [0.3, 0.4) is 0 Å². The average Bonchev–Trinajstić information content (AvgIpc) is 2.18. The third kappa shape index (κ3) is 4.06. The molecule has 1 aromatic rings. The number of ether oxygens (including phenoxy) is 1. The summed E-state index contributed by atoms with van der Waals surface area (Å²) < 4.78 is 28.3. The lowest BCUT2D eigenvalue weighted by Crippen LogP contribution is -2.03. The highest BCUT2D eigenvalue weighted by atomic mass is 35.5. The number of hydrogen-bond acceptors (Lipinski definition) is 1. The first-order valence-electron chi connectivity index (χ1n) is 4.10. The molecule has 0 spiro atoms. The molecule has 82 valence electrons. The second-order valence-electron chi connectivity index (χ2n) is 2.62. The normalized spacial score (nSPS) is 11.3. The molecule has 0 fully saturated rings. The Morgan fingerprint density at radius 2 is 2.13 bits per heavy atom. The maximum absolute atomic E-state index is 12.0. The van der Waals surface area contributed by atoms with Crippen molar-refractivity contribution in [1.82, 2.24) is 0 Å². The molecule has 0 saturated heterocycles. The van der Waals surface area contributed by atoms with Gasteiger partial charge in [-0.15, -0.1) is 11.6 Å². The maximum atomic E-state index is 12.0. The first-order chi connectivity index (χ1) is 7.13. The van der Waals surface area contributed by atoms with Crippen molar-refractivity contribution in [2.75, 3.05) is 5.88 Å². The largest absolute Gasteiger partial charge is 0.434 e. The van der Waals surface area contributed by atoms with E-state index in [4.69, 9.17) is 23.2 Å². The summed E-state index contributed by atoms with van der Waals surface area (Å²) in [5.41, 5.74) is 0.475. The highest BCUT2D eigenvalue weighted by Gasteiger charge is 2.08. The predicted octanol–water partition coefficient (Wildman–Crippen LogP) is 4.19. The van der Waals surface area contributed by atoms with Crippen molar-refractivity contribution < 1.29 is 13.5 Å². The fraction of sp³-hybridized carbons (Fsp3) is 0.200. The molecule has 0 aliphatic rings. The van der Waals surface area contributed by atoms with E-state index in [1.165, 1.54) is 18.2 Å². The summed E-state index contributed by atoms with van der Waals surface area (Å²) in [4.78, 5) is 0. The van der Waals surface area contributed by atoms with Gasteiger partial charge in [-0.25, -0.2) is 0 Å². The smallest absolute Gasteiger partial charge is 0.387 e. The summed E-state index contributed by atoms with van der Waals surface area (Å²) in [6.45, 7) is -2.85. The molecule has 1 aromatic carbocycles. The zero-order chi connectivity index (χ0) is 11.3. The lowest BCUT2D eigenvalue weighted by molar-refractivity contribution is -0.0499. The van der Waals surface area contributed by atoms with Gasteiger partial charge in [-0.3, -0.25) is 0 Å². The Morgan fingerprint density at radius 3 is 2.73 bits per heavy atom. The number of rotatable bonds is 4. The molecule has 0 aliphatic carbocycles. The van der Waals surface area contributed by atoms with Crippen LogP contribution in [0.15, 0.2) is 24.3 Å². The summed E-state index contributed by atoms with van der Waals surface area (Å²) in [6, 6.07) is 4.40. The lowest BCUT2D eigenvalue weighted by Gasteiger charge is -2.07. The Hall–Kier alpha value is -0.800. The van der Waals surface area contributed by atoms with Gasteiger partial charge in [-0.05, 0) is 18.2 Å². The third-order valence-corrected chi connectivity index (χ3v) is 1.99. The van der Waals surface area contributed by atoms with Crippen molar-refractivity contribution in [3.8, 4) is 5.75 Å². The van der Waals surface area contributed by atoms with Crippen LogP contribution in [-0.2, 0) is 0 Å². The standard InChI is InChI=1S/C10H8Cl2F2O/c11-5-1-2-7-6-8(12)3-4-9(7)15-10(13)14/h1-4,6,10H,5H2. The van der Waals surface area contributed by atoms with Gasteiger partial charge in [0.25, 0.3) is 0 Å². The number of halogens is 4. The summed E-state index contributed by atoms with van der Waals surface area (Å²) >= 11 is 11.2. The molecule has 0 saturated carbocycles. The Morgan fingerprint density at radius 1 is 1.40 bits per heavy atom. The minimum atomic E-state index is -2.85. The number of alkyl halides is 3. The molecular weight excluding hydrogens is 245 g/mol. The van der Waals surface area contributed by atoms with Crippen LogP contribution in [0.4, 0.5) is 8.78 Å². The van der Waals surface area contributed by atoms with Crippen molar-refractivity contribution >= 4 is 29.3 Å². The van der Waals surface area contributed by atoms with Crippen LogP contribution in [0, 0.1) is 0 Å². The van der Waals surface area contributed by atoms with E-state index >= 15 is 0 Å². The second kappa shape index (κ2) is 5.93. The van der Waals surface area contributed by atoms with Crippen LogP contribution < -0.4 is 4.74 Å². The molecule has 0 bridgehead atoms. The van der Waals surface area contributed by atoms with E-state index in [9.17, 15) is 8.78 Å². The van der Waals surface area contributed by atoms with Crippen molar-refractivity contribution in [3.05, 3.63) is 34.9 Å². The fourth-order valence-electron chi connectivity index (χ4n) is 1.02. The molecule has 1 rings (SSSR count). The highest BCUT2D eigenvalue weighted by molar-refractivity contribution is 6.30. The Bertz CT molecular complexity index is 353. The van der Waals surface area contributed by atoms with Crippen molar-refractivity contribution in [2.24, 2.45) is 0 Å². The monoisotopic (exact) mass is 252 g/mol. The van der Waals surface area contributed by atoms with Gasteiger partial charge in [0.15, 0.2) is 0 Å². The minimum absolute atomic E-state index is 0.0794. The minimum Gasteiger partial charge on any atom is -0.434 e. The van der Waals surface area contributed by atoms with Gasteiger partial charge in [0.05, 0.1) is 0 Å². The molecule has 0 radical (unpaired) electrons. The van der Waals surface area contributed by atoms with Crippen LogP contribution in [0.25, 0.3) is 6.08 Å². The summed E-state index contributed by atoms with van der Waals surface area (Å²) in [6.07, 6.45) is 3.20. The van der Waals surface area contributed by atoms with E-state index in [0.29, 0.717) is 16.5 Å². The van der Waals surface area contributed by atoms with Gasteiger partial charge in [0, 0.05) is 16.5 Å². The van der Waals surface area contributed by atoms with E-state index in [2.05, 4.69) is 4.74 Å². The second-order valence-corrected chi connectivity index (χ2v) is 3.36. The van der Waals surface area contributed by atoms with Crippen LogP contribution in [0.2, 0.25) is 5.02 Å². The predicted molar refractivity (Wildman–Crippen MR) is 57.8 cm³/mol. The quantitative estimate of drug-likeness (QED) is 0.731. The molecule has 15 heavy (non-hydrogen) atoms. The lowest BCUT2D eigenvalue weighted by atomic mass is 10.2. The van der Waals surface area contributed by atoms with Gasteiger partial charge >= 0.3 is 6.61 Å². The summed E-state index contributed by atoms with van der Waals surface area (Å²) in [7, 11) is 0. The number of hydrogen-bond donors (Lipinski definition) is 0. The van der Waals surface area contributed by atoms with Crippen LogP contribution in [0.5, 0.6) is 5.75 Å². The molecule has 5 heteroatoms. The zero-order valence-electron chi connectivity index (χ0n) is 7.59.